The number of halogens is 3. The second kappa shape index (κ2) is 7.80. The molecule has 0 N–H and O–H groups in total. The van der Waals surface area contributed by atoms with Gasteiger partial charge in [0.1, 0.15) is 12.4 Å². The Bertz CT molecular complexity index is 806. The van der Waals surface area contributed by atoms with Crippen LogP contribution in [0.4, 0.5) is 8.78 Å². The van der Waals surface area contributed by atoms with Gasteiger partial charge in [-0.15, -0.1) is 5.92 Å². The van der Waals surface area contributed by atoms with Gasteiger partial charge in [-0.05, 0) is 31.2 Å². The lowest BCUT2D eigenvalue weighted by Crippen LogP contribution is -2.23. The molecule has 0 aliphatic heterocycles. The monoisotopic (exact) mass is 337 g/mol. The van der Waals surface area contributed by atoms with Crippen molar-refractivity contribution in [2.75, 3.05) is 6.61 Å². The van der Waals surface area contributed by atoms with Gasteiger partial charge in [0, 0.05) is 11.6 Å². The molecule has 0 saturated heterocycles. The summed E-state index contributed by atoms with van der Waals surface area (Å²) < 4.78 is 31.8. The third kappa shape index (κ3) is 4.33. The molecule has 1 aromatic carbocycles. The maximum Gasteiger partial charge on any atom is 0.256 e. The topological polar surface area (TPSA) is 31.2 Å². The van der Waals surface area contributed by atoms with Gasteiger partial charge in [-0.1, -0.05) is 23.6 Å². The molecule has 2 rings (SSSR count). The maximum atomic E-state index is 12.7. The van der Waals surface area contributed by atoms with Crippen LogP contribution in [0.2, 0.25) is 5.02 Å². The van der Waals surface area contributed by atoms with Crippen LogP contribution in [0, 0.1) is 11.8 Å². The summed E-state index contributed by atoms with van der Waals surface area (Å²) in [6, 6.07) is 9.18. The highest BCUT2D eigenvalue weighted by molar-refractivity contribution is 6.33. The summed E-state index contributed by atoms with van der Waals surface area (Å²) in [5.74, 6) is 5.98. The van der Waals surface area contributed by atoms with Gasteiger partial charge in [-0.2, -0.15) is 0 Å². The van der Waals surface area contributed by atoms with Crippen molar-refractivity contribution < 1.29 is 13.5 Å². The zero-order valence-electron chi connectivity index (χ0n) is 12.4. The van der Waals surface area contributed by atoms with Crippen LogP contribution in [0.15, 0.2) is 41.2 Å². The second-order valence-electron chi connectivity index (χ2n) is 4.61. The van der Waals surface area contributed by atoms with Crippen molar-refractivity contribution in [3.8, 4) is 28.8 Å². The first-order chi connectivity index (χ1) is 11.0. The van der Waals surface area contributed by atoms with Crippen LogP contribution in [-0.4, -0.2) is 17.6 Å². The zero-order valence-corrected chi connectivity index (χ0v) is 13.1. The molecule has 1 heterocycles. The number of rotatable bonds is 5. The number of hydrogen-bond donors (Lipinski definition) is 0. The first kappa shape index (κ1) is 17.0. The van der Waals surface area contributed by atoms with Crippen LogP contribution >= 0.6 is 11.6 Å². The van der Waals surface area contributed by atoms with Crippen molar-refractivity contribution in [1.29, 1.82) is 0 Å². The van der Waals surface area contributed by atoms with Crippen LogP contribution in [0.3, 0.4) is 0 Å². The Labute approximate surface area is 137 Å². The predicted molar refractivity (Wildman–Crippen MR) is 86.1 cm³/mol. The number of pyridine rings is 1. The number of hydrogen-bond acceptors (Lipinski definition) is 2. The van der Waals surface area contributed by atoms with E-state index < -0.39 is 18.5 Å². The van der Waals surface area contributed by atoms with Crippen molar-refractivity contribution in [3.63, 3.8) is 0 Å². The minimum atomic E-state index is -2.64. The molecule has 0 aliphatic carbocycles. The predicted octanol–water partition coefficient (Wildman–Crippen LogP) is 3.84. The molecule has 1 aromatic heterocycles. The summed E-state index contributed by atoms with van der Waals surface area (Å²) in [7, 11) is 0. The van der Waals surface area contributed by atoms with E-state index in [0.717, 1.165) is 4.57 Å². The minimum absolute atomic E-state index is 0.230. The molecule has 0 fully saturated rings. The minimum Gasteiger partial charge on any atom is -0.481 e. The molecular weight excluding hydrogens is 324 g/mol. The number of ether oxygens (including phenoxy) is 1. The molecule has 0 amide bonds. The highest BCUT2D eigenvalue weighted by Gasteiger charge is 2.14. The highest BCUT2D eigenvalue weighted by Crippen LogP contribution is 2.30. The Kier molecular flexibility index (Phi) is 5.78. The van der Waals surface area contributed by atoms with E-state index in [4.69, 9.17) is 16.3 Å². The van der Waals surface area contributed by atoms with E-state index in [0.29, 0.717) is 22.0 Å². The number of benzene rings is 1. The van der Waals surface area contributed by atoms with Gasteiger partial charge in [-0.3, -0.25) is 4.79 Å². The maximum absolute atomic E-state index is 12.7. The highest BCUT2D eigenvalue weighted by atomic mass is 35.5. The van der Waals surface area contributed by atoms with Gasteiger partial charge >= 0.3 is 0 Å². The number of aromatic nitrogens is 1. The summed E-state index contributed by atoms with van der Waals surface area (Å²) in [5.41, 5.74) is 0.319. The Morgan fingerprint density at radius 1 is 1.30 bits per heavy atom. The molecule has 3 nitrogen and oxygen atoms in total. The molecule has 2 aromatic rings. The first-order valence-electron chi connectivity index (χ1n) is 6.83. The van der Waals surface area contributed by atoms with Crippen molar-refractivity contribution in [3.05, 3.63) is 51.8 Å². The van der Waals surface area contributed by atoms with E-state index in [9.17, 15) is 13.6 Å². The van der Waals surface area contributed by atoms with E-state index in [-0.39, 0.29) is 6.61 Å². The Hall–Kier alpha value is -2.32. The molecule has 23 heavy (non-hydrogen) atoms. The van der Waals surface area contributed by atoms with Gasteiger partial charge in [0.15, 0.2) is 0 Å². The summed E-state index contributed by atoms with van der Waals surface area (Å²) in [5, 5.41) is 0.306. The lowest BCUT2D eigenvalue weighted by atomic mass is 10.1. The quantitative estimate of drug-likeness (QED) is 0.776. The van der Waals surface area contributed by atoms with E-state index in [2.05, 4.69) is 11.8 Å². The summed E-state index contributed by atoms with van der Waals surface area (Å²) in [6.07, 6.45) is -2.64. The van der Waals surface area contributed by atoms with Gasteiger partial charge in [-0.25, -0.2) is 8.78 Å². The Balaban J connectivity index is 2.40. The molecule has 0 unspecified atom stereocenters. The van der Waals surface area contributed by atoms with Gasteiger partial charge in [0.05, 0.1) is 17.3 Å². The summed E-state index contributed by atoms with van der Waals surface area (Å²) in [4.78, 5) is 11.8. The third-order valence-corrected chi connectivity index (χ3v) is 3.39. The standard InChI is InChI=1S/C17H14ClF2NO2/c1-2-3-9-23-12-7-8-13(14(18)10-12)15-5-4-6-17(22)21(15)11-16(19)20/h4-8,10,16H,9,11H2,1H3. The molecule has 0 bridgehead atoms. The van der Waals surface area contributed by atoms with Crippen molar-refractivity contribution in [1.82, 2.24) is 4.57 Å². The molecule has 0 saturated carbocycles. The molecular formula is C17H14ClF2NO2. The van der Waals surface area contributed by atoms with Gasteiger partial charge in [0.25, 0.3) is 12.0 Å². The molecule has 0 spiro atoms. The van der Waals surface area contributed by atoms with Crippen LogP contribution in [0.5, 0.6) is 5.75 Å². The van der Waals surface area contributed by atoms with E-state index in [1.165, 1.54) is 12.1 Å². The zero-order chi connectivity index (χ0) is 16.8. The number of alkyl halides is 2. The first-order valence-corrected chi connectivity index (χ1v) is 7.21. The van der Waals surface area contributed by atoms with E-state index >= 15 is 0 Å². The molecule has 0 radical (unpaired) electrons. The van der Waals surface area contributed by atoms with Crippen LogP contribution in [0.1, 0.15) is 6.92 Å². The average molecular weight is 338 g/mol. The Morgan fingerprint density at radius 3 is 2.74 bits per heavy atom. The summed E-state index contributed by atoms with van der Waals surface area (Å²) in [6.45, 7) is 1.25. The fourth-order valence-corrected chi connectivity index (χ4v) is 2.33. The van der Waals surface area contributed by atoms with Crippen LogP contribution in [0.25, 0.3) is 11.3 Å². The largest absolute Gasteiger partial charge is 0.481 e. The average Bonchev–Trinajstić information content (AvgIpc) is 2.50. The normalized spacial score (nSPS) is 10.3. The van der Waals surface area contributed by atoms with Crippen molar-refractivity contribution >= 4 is 11.6 Å². The SMILES string of the molecule is CC#CCOc1ccc(-c2cccc(=O)n2CC(F)F)c(Cl)c1. The molecule has 120 valence electrons. The molecule has 6 heteroatoms. The third-order valence-electron chi connectivity index (χ3n) is 3.07. The lowest BCUT2D eigenvalue weighted by Gasteiger charge is -2.14. The van der Waals surface area contributed by atoms with Gasteiger partial charge < -0.3 is 9.30 Å². The van der Waals surface area contributed by atoms with Crippen LogP contribution in [-0.2, 0) is 6.54 Å². The van der Waals surface area contributed by atoms with Crippen molar-refractivity contribution in [2.45, 2.75) is 19.9 Å². The Morgan fingerprint density at radius 2 is 2.09 bits per heavy atom. The summed E-state index contributed by atoms with van der Waals surface area (Å²) >= 11 is 6.22. The number of nitrogens with zero attached hydrogens (tertiary/aromatic N) is 1. The molecule has 0 aliphatic rings. The second-order valence-corrected chi connectivity index (χ2v) is 5.02. The van der Waals surface area contributed by atoms with E-state index in [1.54, 1.807) is 31.2 Å². The van der Waals surface area contributed by atoms with E-state index in [1.807, 2.05) is 0 Å². The molecule has 0 atom stereocenters. The fraction of sp³-hybridized carbons (Fsp3) is 0.235. The fourth-order valence-electron chi connectivity index (χ4n) is 2.07. The van der Waals surface area contributed by atoms with Crippen LogP contribution < -0.4 is 10.3 Å². The smallest absolute Gasteiger partial charge is 0.256 e. The lowest BCUT2D eigenvalue weighted by molar-refractivity contribution is 0.126. The van der Waals surface area contributed by atoms with Gasteiger partial charge in [0.2, 0.25) is 0 Å². The van der Waals surface area contributed by atoms with Crippen molar-refractivity contribution in [2.24, 2.45) is 0 Å².